The molecule has 2 aromatic rings. The minimum Gasteiger partial charge on any atom is -0.497 e. The minimum atomic E-state index is 0.509. The first-order chi connectivity index (χ1) is 13.2. The lowest BCUT2D eigenvalue weighted by atomic mass is 9.88. The predicted molar refractivity (Wildman–Crippen MR) is 107 cm³/mol. The molecule has 1 aromatic heterocycles. The summed E-state index contributed by atoms with van der Waals surface area (Å²) in [5, 5.41) is 5.03. The van der Waals surface area contributed by atoms with Crippen molar-refractivity contribution in [2.75, 3.05) is 27.2 Å². The molecule has 0 N–H and O–H groups in total. The Morgan fingerprint density at radius 2 is 1.70 bits per heavy atom. The molecule has 27 heavy (non-hydrogen) atoms. The van der Waals surface area contributed by atoms with Crippen LogP contribution in [0.5, 0.6) is 5.75 Å². The summed E-state index contributed by atoms with van der Waals surface area (Å²) < 4.78 is 7.59. The van der Waals surface area contributed by atoms with Gasteiger partial charge in [-0.15, -0.1) is 0 Å². The molecule has 1 aliphatic heterocycles. The van der Waals surface area contributed by atoms with Gasteiger partial charge >= 0.3 is 0 Å². The van der Waals surface area contributed by atoms with E-state index in [1.807, 2.05) is 12.1 Å². The van der Waals surface area contributed by atoms with Crippen molar-refractivity contribution in [2.24, 2.45) is 0 Å². The second-order valence-corrected chi connectivity index (χ2v) is 8.23. The van der Waals surface area contributed by atoms with Crippen LogP contribution in [-0.2, 0) is 6.42 Å². The van der Waals surface area contributed by atoms with Crippen LogP contribution in [0.4, 0.5) is 0 Å². The van der Waals surface area contributed by atoms with Gasteiger partial charge in [-0.1, -0.05) is 31.4 Å². The number of aromatic nitrogens is 3. The number of rotatable bonds is 5. The van der Waals surface area contributed by atoms with E-state index in [2.05, 4.69) is 28.8 Å². The van der Waals surface area contributed by atoms with Gasteiger partial charge in [-0.3, -0.25) is 0 Å². The van der Waals surface area contributed by atoms with Crippen LogP contribution in [0.15, 0.2) is 24.3 Å². The SMILES string of the molecule is COc1ccc(Cc2nc(C3CCCCC3)n(C3CCN(C)CC3)n2)cc1. The van der Waals surface area contributed by atoms with E-state index in [-0.39, 0.29) is 0 Å². The van der Waals surface area contributed by atoms with Crippen molar-refractivity contribution in [3.63, 3.8) is 0 Å². The summed E-state index contributed by atoms with van der Waals surface area (Å²) in [7, 11) is 3.92. The third-order valence-corrected chi connectivity index (χ3v) is 6.23. The van der Waals surface area contributed by atoms with Crippen LogP contribution in [0.3, 0.4) is 0 Å². The highest BCUT2D eigenvalue weighted by molar-refractivity contribution is 5.28. The van der Waals surface area contributed by atoms with Gasteiger partial charge in [0.1, 0.15) is 11.6 Å². The second-order valence-electron chi connectivity index (χ2n) is 8.23. The van der Waals surface area contributed by atoms with Crippen molar-refractivity contribution in [1.82, 2.24) is 19.7 Å². The third kappa shape index (κ3) is 4.34. The zero-order valence-corrected chi connectivity index (χ0v) is 16.7. The van der Waals surface area contributed by atoms with Crippen LogP contribution in [0.25, 0.3) is 0 Å². The highest BCUT2D eigenvalue weighted by Gasteiger charge is 2.28. The van der Waals surface area contributed by atoms with Crippen LogP contribution < -0.4 is 4.74 Å². The first-order valence-electron chi connectivity index (χ1n) is 10.5. The maximum absolute atomic E-state index is 5.27. The number of likely N-dealkylation sites (tertiary alicyclic amines) is 1. The molecule has 1 aromatic carbocycles. The van der Waals surface area contributed by atoms with Gasteiger partial charge < -0.3 is 9.64 Å². The molecule has 5 nitrogen and oxygen atoms in total. The highest BCUT2D eigenvalue weighted by atomic mass is 16.5. The molecule has 1 saturated heterocycles. The average Bonchev–Trinajstić information content (AvgIpc) is 3.13. The van der Waals surface area contributed by atoms with Gasteiger partial charge in [0.2, 0.25) is 0 Å². The number of benzene rings is 1. The van der Waals surface area contributed by atoms with Crippen molar-refractivity contribution < 1.29 is 4.74 Å². The maximum Gasteiger partial charge on any atom is 0.155 e. The topological polar surface area (TPSA) is 43.2 Å². The van der Waals surface area contributed by atoms with Gasteiger partial charge in [0.15, 0.2) is 5.82 Å². The predicted octanol–water partition coefficient (Wildman–Crippen LogP) is 4.19. The molecule has 0 atom stereocenters. The fraction of sp³-hybridized carbons (Fsp3) is 0.636. The zero-order valence-electron chi connectivity index (χ0n) is 16.7. The van der Waals surface area contributed by atoms with Gasteiger partial charge in [-0.2, -0.15) is 5.10 Å². The molecule has 2 fully saturated rings. The van der Waals surface area contributed by atoms with Gasteiger partial charge in [0.05, 0.1) is 13.2 Å². The Bertz CT molecular complexity index is 725. The Balaban J connectivity index is 1.57. The number of piperidine rings is 1. The normalized spacial score (nSPS) is 20.1. The molecule has 1 saturated carbocycles. The summed E-state index contributed by atoms with van der Waals surface area (Å²) in [5.41, 5.74) is 1.24. The molecule has 2 heterocycles. The van der Waals surface area contributed by atoms with Gasteiger partial charge in [-0.25, -0.2) is 9.67 Å². The molecular weight excluding hydrogens is 336 g/mol. The van der Waals surface area contributed by atoms with E-state index < -0.39 is 0 Å². The molecule has 0 unspecified atom stereocenters. The molecule has 4 rings (SSSR count). The summed E-state index contributed by atoms with van der Waals surface area (Å²) in [6.45, 7) is 2.31. The number of hydrogen-bond donors (Lipinski definition) is 0. The summed E-state index contributed by atoms with van der Waals surface area (Å²) in [6, 6.07) is 8.79. The molecule has 0 amide bonds. The molecular formula is C22H32N4O. The summed E-state index contributed by atoms with van der Waals surface area (Å²) in [4.78, 5) is 7.50. The van der Waals surface area contributed by atoms with Crippen molar-refractivity contribution >= 4 is 0 Å². The monoisotopic (exact) mass is 368 g/mol. The van der Waals surface area contributed by atoms with Crippen LogP contribution in [-0.4, -0.2) is 46.9 Å². The smallest absolute Gasteiger partial charge is 0.155 e. The standard InChI is InChI=1S/C22H32N4O/c1-25-14-12-19(13-15-25)26-22(18-6-4-3-5-7-18)23-21(24-26)16-17-8-10-20(27-2)11-9-17/h8-11,18-19H,3-7,12-16H2,1-2H3. The molecule has 0 bridgehead atoms. The van der Waals surface area contributed by atoms with Crippen molar-refractivity contribution in [3.05, 3.63) is 41.5 Å². The van der Waals surface area contributed by atoms with Gasteiger partial charge in [0, 0.05) is 12.3 Å². The third-order valence-electron chi connectivity index (χ3n) is 6.23. The minimum absolute atomic E-state index is 0.509. The van der Waals surface area contributed by atoms with Crippen molar-refractivity contribution in [3.8, 4) is 5.75 Å². The molecule has 146 valence electrons. The quantitative estimate of drug-likeness (QED) is 0.794. The highest BCUT2D eigenvalue weighted by Crippen LogP contribution is 2.34. The fourth-order valence-corrected chi connectivity index (χ4v) is 4.53. The Hall–Kier alpha value is -1.88. The molecule has 5 heteroatoms. The first kappa shape index (κ1) is 18.5. The lowest BCUT2D eigenvalue weighted by molar-refractivity contribution is 0.206. The molecule has 0 spiro atoms. The summed E-state index contributed by atoms with van der Waals surface area (Å²) in [5.74, 6) is 3.72. The van der Waals surface area contributed by atoms with Crippen molar-refractivity contribution in [2.45, 2.75) is 63.3 Å². The van der Waals surface area contributed by atoms with Crippen LogP contribution in [0, 0.1) is 0 Å². The lowest BCUT2D eigenvalue weighted by Crippen LogP contribution is -2.33. The van der Waals surface area contributed by atoms with Crippen molar-refractivity contribution in [1.29, 1.82) is 0 Å². The maximum atomic E-state index is 5.27. The molecule has 2 aliphatic rings. The van der Waals surface area contributed by atoms with E-state index in [4.69, 9.17) is 14.8 Å². The second kappa shape index (κ2) is 8.42. The first-order valence-corrected chi connectivity index (χ1v) is 10.5. The van der Waals surface area contributed by atoms with E-state index in [0.29, 0.717) is 12.0 Å². The zero-order chi connectivity index (χ0) is 18.6. The van der Waals surface area contributed by atoms with E-state index >= 15 is 0 Å². The lowest BCUT2D eigenvalue weighted by Gasteiger charge is -2.31. The van der Waals surface area contributed by atoms with Crippen LogP contribution >= 0.6 is 0 Å². The summed E-state index contributed by atoms with van der Waals surface area (Å²) in [6.07, 6.45) is 9.74. The number of methoxy groups -OCH3 is 1. The van der Waals surface area contributed by atoms with E-state index in [1.54, 1.807) is 7.11 Å². The van der Waals surface area contributed by atoms with E-state index in [9.17, 15) is 0 Å². The Morgan fingerprint density at radius 3 is 2.37 bits per heavy atom. The largest absolute Gasteiger partial charge is 0.497 e. The van der Waals surface area contributed by atoms with Gasteiger partial charge in [0.25, 0.3) is 0 Å². The van der Waals surface area contributed by atoms with Crippen LogP contribution in [0.2, 0.25) is 0 Å². The molecule has 1 aliphatic carbocycles. The Kier molecular flexibility index (Phi) is 5.77. The summed E-state index contributed by atoms with van der Waals surface area (Å²) >= 11 is 0. The fourth-order valence-electron chi connectivity index (χ4n) is 4.53. The average molecular weight is 369 g/mol. The van der Waals surface area contributed by atoms with Gasteiger partial charge in [-0.05, 0) is 63.5 Å². The number of hydrogen-bond acceptors (Lipinski definition) is 4. The van der Waals surface area contributed by atoms with Crippen LogP contribution in [0.1, 0.15) is 74.1 Å². The number of ether oxygens (including phenoxy) is 1. The van der Waals surface area contributed by atoms with E-state index in [1.165, 1.54) is 56.3 Å². The molecule has 0 radical (unpaired) electrons. The Morgan fingerprint density at radius 1 is 1.00 bits per heavy atom. The Labute approximate surface area is 162 Å². The number of nitrogens with zero attached hydrogens (tertiary/aromatic N) is 4. The van der Waals surface area contributed by atoms with E-state index in [0.717, 1.165) is 31.1 Å².